The number of nitrogens with one attached hydrogen (secondary N) is 3. The molecule has 0 aliphatic rings. The first-order valence-electron chi connectivity index (χ1n) is 7.97. The van der Waals surface area contributed by atoms with Crippen molar-refractivity contribution in [1.29, 1.82) is 0 Å². The molecule has 3 aromatic rings. The van der Waals surface area contributed by atoms with Gasteiger partial charge in [0, 0.05) is 11.9 Å². The van der Waals surface area contributed by atoms with Crippen LogP contribution in [0.25, 0.3) is 0 Å². The van der Waals surface area contributed by atoms with E-state index in [0.717, 1.165) is 18.5 Å². The second-order valence-electron chi connectivity index (χ2n) is 5.60. The summed E-state index contributed by atoms with van der Waals surface area (Å²) in [6.07, 6.45) is -2.04. The van der Waals surface area contributed by atoms with E-state index in [0.29, 0.717) is 0 Å². The number of benzene rings is 1. The van der Waals surface area contributed by atoms with Gasteiger partial charge in [-0.25, -0.2) is 9.97 Å². The summed E-state index contributed by atoms with van der Waals surface area (Å²) in [5, 5.41) is 2.24. The van der Waals surface area contributed by atoms with Crippen molar-refractivity contribution in [2.75, 3.05) is 16.5 Å². The zero-order valence-electron chi connectivity index (χ0n) is 14.5. The fraction of sp³-hybridized carbons (Fsp3) is 0.0588. The molecular formula is C17H13ClF3N7O. The molecule has 0 saturated carbocycles. The number of hydrazine groups is 1. The van der Waals surface area contributed by atoms with Gasteiger partial charge in [0.05, 0.1) is 10.6 Å². The number of hydrogen-bond acceptors (Lipinski definition) is 7. The summed E-state index contributed by atoms with van der Waals surface area (Å²) in [6, 6.07) is 8.09. The molecule has 0 bridgehead atoms. The number of halogens is 4. The number of nitrogens with zero attached hydrogens (tertiary/aromatic N) is 3. The molecule has 12 heteroatoms. The number of anilines is 4. The lowest BCUT2D eigenvalue weighted by atomic mass is 10.2. The summed E-state index contributed by atoms with van der Waals surface area (Å²) < 4.78 is 39.0. The molecule has 1 amide bonds. The highest BCUT2D eigenvalue weighted by molar-refractivity contribution is 6.31. The van der Waals surface area contributed by atoms with Crippen LogP contribution >= 0.6 is 11.6 Å². The van der Waals surface area contributed by atoms with Gasteiger partial charge < -0.3 is 11.1 Å². The molecular weight excluding hydrogens is 411 g/mol. The number of pyridine rings is 1. The number of alkyl halides is 3. The van der Waals surface area contributed by atoms with Gasteiger partial charge in [-0.2, -0.15) is 13.2 Å². The maximum Gasteiger partial charge on any atom is 0.417 e. The van der Waals surface area contributed by atoms with Gasteiger partial charge in [-0.1, -0.05) is 17.7 Å². The Kier molecular flexibility index (Phi) is 5.69. The van der Waals surface area contributed by atoms with E-state index in [-0.39, 0.29) is 28.7 Å². The second kappa shape index (κ2) is 8.19. The predicted molar refractivity (Wildman–Crippen MR) is 102 cm³/mol. The number of carbonyl (C=O) groups excluding carboxylic acids is 1. The van der Waals surface area contributed by atoms with Crippen molar-refractivity contribution in [3.05, 3.63) is 65.2 Å². The first kappa shape index (κ1) is 20.1. The zero-order valence-corrected chi connectivity index (χ0v) is 15.2. The molecule has 1 aromatic carbocycles. The predicted octanol–water partition coefficient (Wildman–Crippen LogP) is 3.63. The number of carbonyl (C=O) groups is 1. The molecule has 5 N–H and O–H groups in total. The number of hydrogen-bond donors (Lipinski definition) is 4. The SMILES string of the molecule is Nc1c(NNC(=O)c2ccccn2)ncnc1Nc1ccc(Cl)c(C(F)(F)F)c1. The fourth-order valence-electron chi connectivity index (χ4n) is 2.23. The van der Waals surface area contributed by atoms with E-state index in [1.807, 2.05) is 0 Å². The van der Waals surface area contributed by atoms with Crippen molar-refractivity contribution in [2.24, 2.45) is 0 Å². The molecule has 150 valence electrons. The largest absolute Gasteiger partial charge is 0.417 e. The topological polar surface area (TPSA) is 118 Å². The molecule has 0 saturated heterocycles. The molecule has 0 fully saturated rings. The lowest BCUT2D eigenvalue weighted by Crippen LogP contribution is -2.31. The number of nitrogen functional groups attached to an aromatic ring is 1. The van der Waals surface area contributed by atoms with Crippen LogP contribution in [0, 0.1) is 0 Å². The summed E-state index contributed by atoms with van der Waals surface area (Å²) in [6.45, 7) is 0. The Balaban J connectivity index is 1.76. The third-order valence-electron chi connectivity index (χ3n) is 3.61. The third kappa shape index (κ3) is 4.82. The Morgan fingerprint density at radius 2 is 1.83 bits per heavy atom. The van der Waals surface area contributed by atoms with Crippen molar-refractivity contribution in [3.63, 3.8) is 0 Å². The molecule has 0 atom stereocenters. The van der Waals surface area contributed by atoms with Gasteiger partial charge >= 0.3 is 6.18 Å². The first-order chi connectivity index (χ1) is 13.8. The van der Waals surface area contributed by atoms with Crippen molar-refractivity contribution in [3.8, 4) is 0 Å². The van der Waals surface area contributed by atoms with E-state index in [1.165, 1.54) is 18.3 Å². The van der Waals surface area contributed by atoms with Crippen LogP contribution in [-0.4, -0.2) is 20.9 Å². The van der Waals surface area contributed by atoms with Gasteiger partial charge in [-0.05, 0) is 30.3 Å². The lowest BCUT2D eigenvalue weighted by molar-refractivity contribution is -0.137. The minimum Gasteiger partial charge on any atom is -0.393 e. The third-order valence-corrected chi connectivity index (χ3v) is 3.94. The second-order valence-corrected chi connectivity index (χ2v) is 6.00. The van der Waals surface area contributed by atoms with Gasteiger partial charge in [-0.15, -0.1) is 0 Å². The van der Waals surface area contributed by atoms with Gasteiger partial charge in [0.15, 0.2) is 11.6 Å². The van der Waals surface area contributed by atoms with Crippen LogP contribution in [0.1, 0.15) is 16.1 Å². The Morgan fingerprint density at radius 1 is 1.07 bits per heavy atom. The van der Waals surface area contributed by atoms with E-state index in [4.69, 9.17) is 17.3 Å². The maximum atomic E-state index is 13.0. The molecule has 8 nitrogen and oxygen atoms in total. The van der Waals surface area contributed by atoms with E-state index < -0.39 is 22.7 Å². The minimum absolute atomic E-state index is 0.0303. The Morgan fingerprint density at radius 3 is 2.52 bits per heavy atom. The molecule has 3 rings (SSSR count). The van der Waals surface area contributed by atoms with E-state index >= 15 is 0 Å². The molecule has 2 aromatic heterocycles. The summed E-state index contributed by atoms with van der Waals surface area (Å²) in [4.78, 5) is 23.7. The van der Waals surface area contributed by atoms with E-state index in [9.17, 15) is 18.0 Å². The van der Waals surface area contributed by atoms with Crippen LogP contribution < -0.4 is 21.9 Å². The Bertz CT molecular complexity index is 1030. The highest BCUT2D eigenvalue weighted by Gasteiger charge is 2.33. The summed E-state index contributed by atoms with van der Waals surface area (Å²) in [5.41, 5.74) is 10.0. The zero-order chi connectivity index (χ0) is 21.0. The number of amides is 1. The summed E-state index contributed by atoms with van der Waals surface area (Å²) >= 11 is 5.61. The summed E-state index contributed by atoms with van der Waals surface area (Å²) in [5.74, 6) is -0.465. The molecule has 0 radical (unpaired) electrons. The van der Waals surface area contributed by atoms with Crippen molar-refractivity contribution >= 4 is 40.5 Å². The molecule has 0 aliphatic heterocycles. The highest BCUT2D eigenvalue weighted by atomic mass is 35.5. The lowest BCUT2D eigenvalue weighted by Gasteiger charge is -2.14. The highest BCUT2D eigenvalue weighted by Crippen LogP contribution is 2.37. The van der Waals surface area contributed by atoms with Crippen LogP contribution in [0.2, 0.25) is 5.02 Å². The van der Waals surface area contributed by atoms with E-state index in [2.05, 4.69) is 31.1 Å². The first-order valence-corrected chi connectivity index (χ1v) is 8.35. The Labute approximate surface area is 167 Å². The standard InChI is InChI=1S/C17H13ClF3N7O/c18-11-5-4-9(7-10(11)17(19,20)21)26-14-13(22)15(25-8-24-14)27-28-16(29)12-3-1-2-6-23-12/h1-8H,22H2,(H,28,29)(H2,24,25,26,27). The average Bonchev–Trinajstić information content (AvgIpc) is 2.69. The van der Waals surface area contributed by atoms with Crippen molar-refractivity contribution in [2.45, 2.75) is 6.18 Å². The van der Waals surface area contributed by atoms with Crippen LogP contribution in [0.5, 0.6) is 0 Å². The molecule has 0 unspecified atom stereocenters. The molecule has 2 heterocycles. The summed E-state index contributed by atoms with van der Waals surface area (Å²) in [7, 11) is 0. The smallest absolute Gasteiger partial charge is 0.393 e. The maximum absolute atomic E-state index is 13.0. The van der Waals surface area contributed by atoms with Gasteiger partial charge in [0.25, 0.3) is 5.91 Å². The van der Waals surface area contributed by atoms with Crippen LogP contribution in [0.15, 0.2) is 48.9 Å². The average molecular weight is 424 g/mol. The van der Waals surface area contributed by atoms with Crippen molar-refractivity contribution in [1.82, 2.24) is 20.4 Å². The van der Waals surface area contributed by atoms with Gasteiger partial charge in [0.1, 0.15) is 17.7 Å². The molecule has 29 heavy (non-hydrogen) atoms. The van der Waals surface area contributed by atoms with Crippen LogP contribution in [-0.2, 0) is 6.18 Å². The van der Waals surface area contributed by atoms with Gasteiger partial charge in [-0.3, -0.25) is 20.6 Å². The van der Waals surface area contributed by atoms with Gasteiger partial charge in [0.2, 0.25) is 0 Å². The minimum atomic E-state index is -4.62. The normalized spacial score (nSPS) is 11.0. The van der Waals surface area contributed by atoms with Crippen molar-refractivity contribution < 1.29 is 18.0 Å². The molecule has 0 aliphatic carbocycles. The number of rotatable bonds is 5. The Hall–Kier alpha value is -3.60. The monoisotopic (exact) mass is 423 g/mol. The quantitative estimate of drug-likeness (QED) is 0.463. The van der Waals surface area contributed by atoms with Crippen LogP contribution in [0.3, 0.4) is 0 Å². The van der Waals surface area contributed by atoms with Crippen LogP contribution in [0.4, 0.5) is 36.2 Å². The fourth-order valence-corrected chi connectivity index (χ4v) is 2.45. The number of nitrogens with two attached hydrogens (primary N) is 1. The van der Waals surface area contributed by atoms with E-state index in [1.54, 1.807) is 12.1 Å². The molecule has 0 spiro atoms. The number of aromatic nitrogens is 3.